The predicted octanol–water partition coefficient (Wildman–Crippen LogP) is 3.95. The molecule has 1 aromatic heterocycles. The smallest absolute Gasteiger partial charge is 0.335 e. The minimum Gasteiger partial charge on any atom is -0.401 e. The number of hydrogen-bond donors (Lipinski definition) is 3. The highest BCUT2D eigenvalue weighted by atomic mass is 16.5. The molecule has 0 saturated carbocycles. The van der Waals surface area contributed by atoms with Crippen molar-refractivity contribution in [1.82, 2.24) is 9.97 Å². The second-order valence-corrected chi connectivity index (χ2v) is 9.02. The zero-order valence-electron chi connectivity index (χ0n) is 21.4. The molecule has 1 fully saturated rings. The lowest BCUT2D eigenvalue weighted by Gasteiger charge is -2.36. The second kappa shape index (κ2) is 11.2. The summed E-state index contributed by atoms with van der Waals surface area (Å²) in [5.74, 6) is 0.311. The molecule has 4 N–H and O–H groups in total. The number of ether oxygens (including phenoxy) is 1. The van der Waals surface area contributed by atoms with Crippen LogP contribution < -0.4 is 26.2 Å². The van der Waals surface area contributed by atoms with Crippen molar-refractivity contribution in [3.63, 3.8) is 0 Å². The standard InChI is InChI=1S/C28H28N8O3/c1-3-25(37)32-20-8-7-11-23(12-20)36-26-19(15-35(28(36)38)22-9-5-4-6-10-22)13-31-27(34-26)33-24(18(2)29)14-30-21-16-39-17-21/h3-14,21H,1,15-17,29H2,2H3,(H,32,37)(H,31,33,34). The number of rotatable bonds is 8. The van der Waals surface area contributed by atoms with Crippen molar-refractivity contribution in [2.24, 2.45) is 10.7 Å². The number of aliphatic imine (C=N–C) groups is 1. The summed E-state index contributed by atoms with van der Waals surface area (Å²) >= 11 is 0. The molecule has 2 aliphatic rings. The largest absolute Gasteiger partial charge is 0.401 e. The van der Waals surface area contributed by atoms with Gasteiger partial charge in [-0.25, -0.2) is 14.7 Å². The van der Waals surface area contributed by atoms with E-state index in [2.05, 4.69) is 27.2 Å². The zero-order valence-corrected chi connectivity index (χ0v) is 21.4. The van der Waals surface area contributed by atoms with E-state index < -0.39 is 0 Å². The molecule has 0 spiro atoms. The Kier molecular flexibility index (Phi) is 7.32. The van der Waals surface area contributed by atoms with Gasteiger partial charge in [-0.1, -0.05) is 30.8 Å². The van der Waals surface area contributed by atoms with Gasteiger partial charge in [0.1, 0.15) is 0 Å². The quantitative estimate of drug-likeness (QED) is 0.300. The third kappa shape index (κ3) is 5.63. The van der Waals surface area contributed by atoms with Crippen molar-refractivity contribution in [3.05, 3.63) is 90.4 Å². The lowest BCUT2D eigenvalue weighted by atomic mass is 10.1. The van der Waals surface area contributed by atoms with E-state index in [1.165, 1.54) is 11.0 Å². The number of benzene rings is 2. The van der Waals surface area contributed by atoms with E-state index in [1.54, 1.807) is 48.5 Å². The number of nitrogens with one attached hydrogen (secondary N) is 2. The molecule has 3 heterocycles. The molecule has 198 valence electrons. The number of allylic oxidation sites excluding steroid dienone is 2. The van der Waals surface area contributed by atoms with Crippen LogP contribution in [0.2, 0.25) is 0 Å². The van der Waals surface area contributed by atoms with Gasteiger partial charge in [-0.05, 0) is 43.3 Å². The van der Waals surface area contributed by atoms with Crippen LogP contribution in [0.4, 0.5) is 33.6 Å². The maximum atomic E-state index is 13.9. The third-order valence-corrected chi connectivity index (χ3v) is 6.14. The Bertz CT molecular complexity index is 1460. The summed E-state index contributed by atoms with van der Waals surface area (Å²) in [7, 11) is 0. The Morgan fingerprint density at radius 1 is 1.15 bits per heavy atom. The molecule has 2 aliphatic heterocycles. The van der Waals surface area contributed by atoms with Gasteiger partial charge in [0.15, 0.2) is 5.82 Å². The Hall–Kier alpha value is -5.03. The van der Waals surface area contributed by atoms with E-state index >= 15 is 0 Å². The first kappa shape index (κ1) is 25.6. The van der Waals surface area contributed by atoms with Gasteiger partial charge < -0.3 is 21.1 Å². The molecule has 0 atom stereocenters. The fraction of sp³-hybridized carbons (Fsp3) is 0.179. The van der Waals surface area contributed by atoms with Gasteiger partial charge in [0.25, 0.3) is 0 Å². The van der Waals surface area contributed by atoms with Crippen LogP contribution >= 0.6 is 0 Å². The Morgan fingerprint density at radius 3 is 2.62 bits per heavy atom. The average Bonchev–Trinajstić information content (AvgIpc) is 2.91. The number of amides is 3. The fourth-order valence-electron chi connectivity index (χ4n) is 4.01. The van der Waals surface area contributed by atoms with Crippen LogP contribution in [0.15, 0.2) is 89.8 Å². The molecule has 3 aromatic rings. The minimum atomic E-state index is -0.358. The van der Waals surface area contributed by atoms with Gasteiger partial charge in [-0.2, -0.15) is 4.98 Å². The number of nitrogens with zero attached hydrogens (tertiary/aromatic N) is 5. The highest BCUT2D eigenvalue weighted by molar-refractivity contribution is 6.10. The summed E-state index contributed by atoms with van der Waals surface area (Å²) in [5.41, 5.74) is 9.64. The average molecular weight is 525 g/mol. The molecule has 0 bridgehead atoms. The molecule has 3 amide bonds. The van der Waals surface area contributed by atoms with Crippen molar-refractivity contribution >= 4 is 47.0 Å². The predicted molar refractivity (Wildman–Crippen MR) is 151 cm³/mol. The van der Waals surface area contributed by atoms with Crippen LogP contribution in [0.1, 0.15) is 12.5 Å². The number of fused-ring (bicyclic) bond motifs is 1. The van der Waals surface area contributed by atoms with Crippen LogP contribution in [0.3, 0.4) is 0 Å². The van der Waals surface area contributed by atoms with Gasteiger partial charge in [-0.3, -0.25) is 14.7 Å². The normalized spacial score (nSPS) is 15.9. The molecule has 0 unspecified atom stereocenters. The van der Waals surface area contributed by atoms with Crippen molar-refractivity contribution < 1.29 is 14.3 Å². The van der Waals surface area contributed by atoms with Crippen molar-refractivity contribution in [1.29, 1.82) is 0 Å². The third-order valence-electron chi connectivity index (χ3n) is 6.14. The summed E-state index contributed by atoms with van der Waals surface area (Å²) in [5, 5.41) is 5.87. The van der Waals surface area contributed by atoms with E-state index in [9.17, 15) is 9.59 Å². The fourth-order valence-corrected chi connectivity index (χ4v) is 4.01. The SMILES string of the molecule is C=CC(=O)Nc1cccc(N2C(=O)N(c3ccccc3)Cc3cnc(NC(C=NC4COC4)=C(C)N)nc32)c1. The van der Waals surface area contributed by atoms with E-state index in [0.717, 1.165) is 11.3 Å². The van der Waals surface area contributed by atoms with Crippen LogP contribution in [-0.2, 0) is 16.1 Å². The number of aromatic nitrogens is 2. The zero-order chi connectivity index (χ0) is 27.4. The topological polar surface area (TPSA) is 138 Å². The summed E-state index contributed by atoms with van der Waals surface area (Å²) in [6.45, 7) is 6.67. The van der Waals surface area contributed by atoms with Crippen LogP contribution in [0, 0.1) is 0 Å². The Morgan fingerprint density at radius 2 is 1.92 bits per heavy atom. The number of carbonyl (C=O) groups is 2. The number of carbonyl (C=O) groups excluding carboxylic acids is 2. The highest BCUT2D eigenvalue weighted by Gasteiger charge is 2.34. The highest BCUT2D eigenvalue weighted by Crippen LogP contribution is 2.36. The maximum absolute atomic E-state index is 13.9. The molecular formula is C28H28N8O3. The number of hydrogen-bond acceptors (Lipinski definition) is 8. The number of nitrogens with two attached hydrogens (primary N) is 1. The molecule has 1 saturated heterocycles. The van der Waals surface area contributed by atoms with E-state index in [4.69, 9.17) is 15.5 Å². The number of anilines is 5. The molecule has 0 aliphatic carbocycles. The first-order chi connectivity index (χ1) is 18.9. The summed E-state index contributed by atoms with van der Waals surface area (Å²) in [4.78, 5) is 42.7. The molecule has 5 rings (SSSR count). The first-order valence-electron chi connectivity index (χ1n) is 12.3. The summed E-state index contributed by atoms with van der Waals surface area (Å²) in [6, 6.07) is 16.1. The van der Waals surface area contributed by atoms with Gasteiger partial charge in [0.2, 0.25) is 11.9 Å². The molecule has 11 heteroatoms. The summed E-state index contributed by atoms with van der Waals surface area (Å²) < 4.78 is 5.17. The van der Waals surface area contributed by atoms with Crippen molar-refractivity contribution in [3.8, 4) is 0 Å². The van der Waals surface area contributed by atoms with E-state index in [1.807, 2.05) is 30.3 Å². The molecular weight excluding hydrogens is 496 g/mol. The molecule has 0 radical (unpaired) electrons. The Labute approximate surface area is 225 Å². The molecule has 39 heavy (non-hydrogen) atoms. The van der Waals surface area contributed by atoms with E-state index in [0.29, 0.717) is 41.8 Å². The lowest BCUT2D eigenvalue weighted by Crippen LogP contribution is -2.45. The first-order valence-corrected chi connectivity index (χ1v) is 12.3. The van der Waals surface area contributed by atoms with Crippen molar-refractivity contribution in [2.45, 2.75) is 19.5 Å². The number of para-hydroxylation sites is 1. The van der Waals surface area contributed by atoms with Crippen LogP contribution in [0.5, 0.6) is 0 Å². The number of urea groups is 1. The lowest BCUT2D eigenvalue weighted by molar-refractivity contribution is -0.111. The van der Waals surface area contributed by atoms with Gasteiger partial charge >= 0.3 is 6.03 Å². The minimum absolute atomic E-state index is 0.0940. The Balaban J connectivity index is 1.54. The van der Waals surface area contributed by atoms with Crippen LogP contribution in [0.25, 0.3) is 0 Å². The van der Waals surface area contributed by atoms with E-state index in [-0.39, 0.29) is 30.5 Å². The molecule has 11 nitrogen and oxygen atoms in total. The van der Waals surface area contributed by atoms with Gasteiger partial charge in [0, 0.05) is 35.0 Å². The van der Waals surface area contributed by atoms with Crippen molar-refractivity contribution in [2.75, 3.05) is 33.6 Å². The van der Waals surface area contributed by atoms with Crippen LogP contribution in [-0.4, -0.2) is 47.4 Å². The summed E-state index contributed by atoms with van der Waals surface area (Å²) in [6.07, 6.45) is 4.52. The maximum Gasteiger partial charge on any atom is 0.335 e. The molecule has 2 aromatic carbocycles. The van der Waals surface area contributed by atoms with Gasteiger partial charge in [-0.15, -0.1) is 0 Å². The monoisotopic (exact) mass is 524 g/mol. The second-order valence-electron chi connectivity index (χ2n) is 9.02. The van der Waals surface area contributed by atoms with Gasteiger partial charge in [0.05, 0.1) is 37.2 Å².